The van der Waals surface area contributed by atoms with E-state index < -0.39 is 10.0 Å². The number of nitrogens with zero attached hydrogens (tertiary/aromatic N) is 1. The fourth-order valence-corrected chi connectivity index (χ4v) is 3.97. The van der Waals surface area contributed by atoms with Gasteiger partial charge >= 0.3 is 0 Å². The molecule has 0 amide bonds. The first-order valence-electron chi connectivity index (χ1n) is 7.53. The molecule has 1 aliphatic heterocycles. The van der Waals surface area contributed by atoms with Crippen molar-refractivity contribution in [1.82, 2.24) is 4.72 Å². The van der Waals surface area contributed by atoms with Crippen LogP contribution in [0.3, 0.4) is 0 Å². The van der Waals surface area contributed by atoms with E-state index in [9.17, 15) is 13.5 Å². The van der Waals surface area contributed by atoms with Crippen LogP contribution in [0.25, 0.3) is 0 Å². The number of anilines is 1. The van der Waals surface area contributed by atoms with Crippen molar-refractivity contribution in [2.24, 2.45) is 5.92 Å². The average molecular weight is 312 g/mol. The SMILES string of the molecule is CCCNS(=O)(=O)c1ccccc1N1CCC(CO)CC1. The molecule has 0 unspecified atom stereocenters. The molecule has 2 N–H and O–H groups in total. The smallest absolute Gasteiger partial charge is 0.242 e. The van der Waals surface area contributed by atoms with Crippen LogP contribution in [0.2, 0.25) is 0 Å². The van der Waals surface area contributed by atoms with Gasteiger partial charge < -0.3 is 10.0 Å². The lowest BCUT2D eigenvalue weighted by atomic mass is 9.97. The quantitative estimate of drug-likeness (QED) is 0.837. The Labute approximate surface area is 127 Å². The fraction of sp³-hybridized carbons (Fsp3) is 0.600. The van der Waals surface area contributed by atoms with Crippen molar-refractivity contribution in [2.75, 3.05) is 31.1 Å². The second-order valence-electron chi connectivity index (χ2n) is 5.48. The van der Waals surface area contributed by atoms with Gasteiger partial charge in [-0.1, -0.05) is 19.1 Å². The van der Waals surface area contributed by atoms with Crippen LogP contribution in [0.15, 0.2) is 29.2 Å². The first-order chi connectivity index (χ1) is 10.1. The molecular formula is C15H24N2O3S. The lowest BCUT2D eigenvalue weighted by Gasteiger charge is -2.33. The van der Waals surface area contributed by atoms with Gasteiger partial charge in [0.1, 0.15) is 4.90 Å². The van der Waals surface area contributed by atoms with Gasteiger partial charge in [-0.3, -0.25) is 0 Å². The van der Waals surface area contributed by atoms with Gasteiger partial charge in [-0.2, -0.15) is 0 Å². The molecule has 1 heterocycles. The zero-order valence-corrected chi connectivity index (χ0v) is 13.3. The molecule has 21 heavy (non-hydrogen) atoms. The normalized spacial score (nSPS) is 17.1. The highest BCUT2D eigenvalue weighted by atomic mass is 32.2. The van der Waals surface area contributed by atoms with E-state index in [1.165, 1.54) is 0 Å². The number of hydrogen-bond donors (Lipinski definition) is 2. The molecule has 0 atom stereocenters. The Balaban J connectivity index is 2.21. The number of para-hydroxylation sites is 1. The van der Waals surface area contributed by atoms with Crippen LogP contribution in [-0.2, 0) is 10.0 Å². The molecule has 1 fully saturated rings. The number of piperidine rings is 1. The highest BCUT2D eigenvalue weighted by molar-refractivity contribution is 7.89. The molecule has 0 saturated carbocycles. The molecule has 5 nitrogen and oxygen atoms in total. The molecule has 0 radical (unpaired) electrons. The number of hydrogen-bond acceptors (Lipinski definition) is 4. The van der Waals surface area contributed by atoms with Crippen molar-refractivity contribution in [3.63, 3.8) is 0 Å². The number of sulfonamides is 1. The Morgan fingerprint density at radius 3 is 2.57 bits per heavy atom. The number of benzene rings is 1. The number of rotatable bonds is 6. The van der Waals surface area contributed by atoms with E-state index in [0.29, 0.717) is 17.4 Å². The van der Waals surface area contributed by atoms with E-state index in [1.807, 2.05) is 19.1 Å². The fourth-order valence-electron chi connectivity index (χ4n) is 2.62. The summed E-state index contributed by atoms with van der Waals surface area (Å²) in [5.74, 6) is 0.336. The Kier molecular flexibility index (Phi) is 5.61. The summed E-state index contributed by atoms with van der Waals surface area (Å²) in [6, 6.07) is 7.14. The van der Waals surface area contributed by atoms with Gasteiger partial charge in [-0.15, -0.1) is 0 Å². The van der Waals surface area contributed by atoms with E-state index >= 15 is 0 Å². The summed E-state index contributed by atoms with van der Waals surface area (Å²) in [5.41, 5.74) is 0.762. The van der Waals surface area contributed by atoms with E-state index in [-0.39, 0.29) is 6.61 Å². The van der Waals surface area contributed by atoms with E-state index in [2.05, 4.69) is 9.62 Å². The molecule has 1 saturated heterocycles. The topological polar surface area (TPSA) is 69.6 Å². The maximum absolute atomic E-state index is 12.4. The summed E-state index contributed by atoms with van der Waals surface area (Å²) in [4.78, 5) is 2.45. The van der Waals surface area contributed by atoms with Crippen LogP contribution in [0, 0.1) is 5.92 Å². The zero-order chi connectivity index (χ0) is 15.3. The second kappa shape index (κ2) is 7.24. The number of aliphatic hydroxyl groups is 1. The lowest BCUT2D eigenvalue weighted by molar-refractivity contribution is 0.203. The molecule has 0 aromatic heterocycles. The van der Waals surface area contributed by atoms with Crippen molar-refractivity contribution in [2.45, 2.75) is 31.1 Å². The number of nitrogens with one attached hydrogen (secondary N) is 1. The van der Waals surface area contributed by atoms with Crippen LogP contribution in [0.4, 0.5) is 5.69 Å². The predicted octanol–water partition coefficient (Wildman–Crippen LogP) is 1.58. The van der Waals surface area contributed by atoms with Crippen molar-refractivity contribution in [1.29, 1.82) is 0 Å². The van der Waals surface area contributed by atoms with Crippen LogP contribution >= 0.6 is 0 Å². The number of aliphatic hydroxyl groups excluding tert-OH is 1. The van der Waals surface area contributed by atoms with Gasteiger partial charge in [0, 0.05) is 26.2 Å². The average Bonchev–Trinajstić information content (AvgIpc) is 2.53. The van der Waals surface area contributed by atoms with Gasteiger partial charge in [0.05, 0.1) is 5.69 Å². The molecule has 2 rings (SSSR count). The zero-order valence-electron chi connectivity index (χ0n) is 12.5. The van der Waals surface area contributed by atoms with Gasteiger partial charge in [0.2, 0.25) is 10.0 Å². The summed E-state index contributed by atoms with van der Waals surface area (Å²) >= 11 is 0. The molecular weight excluding hydrogens is 288 g/mol. The summed E-state index contributed by atoms with van der Waals surface area (Å²) in [6.07, 6.45) is 2.56. The summed E-state index contributed by atoms with van der Waals surface area (Å²) < 4.78 is 27.4. The Bertz CT molecular complexity index is 552. The van der Waals surface area contributed by atoms with Crippen LogP contribution < -0.4 is 9.62 Å². The van der Waals surface area contributed by atoms with Crippen LogP contribution in [0.5, 0.6) is 0 Å². The first kappa shape index (κ1) is 16.3. The maximum atomic E-state index is 12.4. The molecule has 1 aliphatic rings. The Morgan fingerprint density at radius 2 is 1.95 bits per heavy atom. The maximum Gasteiger partial charge on any atom is 0.242 e. The van der Waals surface area contributed by atoms with Gasteiger partial charge in [0.25, 0.3) is 0 Å². The molecule has 0 bridgehead atoms. The third-order valence-electron chi connectivity index (χ3n) is 3.91. The third kappa shape index (κ3) is 3.96. The van der Waals surface area contributed by atoms with Crippen molar-refractivity contribution in [3.8, 4) is 0 Å². The van der Waals surface area contributed by atoms with Crippen molar-refractivity contribution < 1.29 is 13.5 Å². The Hall–Kier alpha value is -1.11. The third-order valence-corrected chi connectivity index (χ3v) is 5.42. The first-order valence-corrected chi connectivity index (χ1v) is 9.01. The van der Waals surface area contributed by atoms with Crippen LogP contribution in [-0.4, -0.2) is 39.8 Å². The van der Waals surface area contributed by atoms with Crippen molar-refractivity contribution in [3.05, 3.63) is 24.3 Å². The molecule has 1 aromatic rings. The molecule has 6 heteroatoms. The van der Waals surface area contributed by atoms with E-state index in [0.717, 1.165) is 38.0 Å². The van der Waals surface area contributed by atoms with Crippen LogP contribution in [0.1, 0.15) is 26.2 Å². The highest BCUT2D eigenvalue weighted by Crippen LogP contribution is 2.28. The van der Waals surface area contributed by atoms with E-state index in [1.54, 1.807) is 12.1 Å². The minimum Gasteiger partial charge on any atom is -0.396 e. The monoisotopic (exact) mass is 312 g/mol. The second-order valence-corrected chi connectivity index (χ2v) is 7.21. The minimum atomic E-state index is -3.46. The molecule has 1 aromatic carbocycles. The highest BCUT2D eigenvalue weighted by Gasteiger charge is 2.24. The van der Waals surface area contributed by atoms with Crippen molar-refractivity contribution >= 4 is 15.7 Å². The minimum absolute atomic E-state index is 0.214. The van der Waals surface area contributed by atoms with E-state index in [4.69, 9.17) is 0 Å². The largest absolute Gasteiger partial charge is 0.396 e. The Morgan fingerprint density at radius 1 is 1.29 bits per heavy atom. The standard InChI is InChI=1S/C15H24N2O3S/c1-2-9-16-21(19,20)15-6-4-3-5-14(15)17-10-7-13(12-18)8-11-17/h3-6,13,16,18H,2,7-12H2,1H3. The van der Waals surface area contributed by atoms with Gasteiger partial charge in [-0.05, 0) is 37.3 Å². The van der Waals surface area contributed by atoms with Gasteiger partial charge in [-0.25, -0.2) is 13.1 Å². The molecule has 0 spiro atoms. The molecule has 0 aliphatic carbocycles. The lowest BCUT2D eigenvalue weighted by Crippen LogP contribution is -2.36. The predicted molar refractivity (Wildman–Crippen MR) is 83.9 cm³/mol. The summed E-state index contributed by atoms with van der Waals surface area (Å²) in [7, 11) is -3.46. The van der Waals surface area contributed by atoms with Gasteiger partial charge in [0.15, 0.2) is 0 Å². The summed E-state index contributed by atoms with van der Waals surface area (Å²) in [5, 5.41) is 9.20. The summed E-state index contributed by atoms with van der Waals surface area (Å²) in [6.45, 7) is 4.17. The molecule has 118 valence electrons.